The van der Waals surface area contributed by atoms with Crippen LogP contribution in [0, 0.1) is 20.8 Å². The van der Waals surface area contributed by atoms with E-state index in [1.807, 2.05) is 55.7 Å². The third kappa shape index (κ3) is 4.34. The fraction of sp³-hybridized carbons (Fsp3) is 0.240. The Morgan fingerprint density at radius 2 is 1.91 bits per heavy atom. The number of thioether (sulfide) groups is 1. The first kappa shape index (κ1) is 21.9. The van der Waals surface area contributed by atoms with E-state index < -0.39 is 0 Å². The van der Waals surface area contributed by atoms with Crippen molar-refractivity contribution < 1.29 is 9.21 Å². The number of hydrogen-bond donors (Lipinski definition) is 0. The number of furan rings is 1. The molecule has 0 aliphatic heterocycles. The lowest BCUT2D eigenvalue weighted by atomic mass is 10.2. The molecule has 32 heavy (non-hydrogen) atoms. The van der Waals surface area contributed by atoms with Crippen LogP contribution in [0.15, 0.2) is 71.0 Å². The van der Waals surface area contributed by atoms with Crippen molar-refractivity contribution >= 4 is 17.5 Å². The molecule has 6 nitrogen and oxygen atoms in total. The molecule has 0 bridgehead atoms. The number of rotatable bonds is 9. The van der Waals surface area contributed by atoms with Gasteiger partial charge in [0, 0.05) is 30.0 Å². The monoisotopic (exact) mass is 446 g/mol. The molecule has 0 N–H and O–H groups in total. The van der Waals surface area contributed by atoms with Gasteiger partial charge in [0.05, 0.1) is 17.6 Å². The molecule has 4 rings (SSSR count). The van der Waals surface area contributed by atoms with E-state index in [-0.39, 0.29) is 11.5 Å². The minimum atomic E-state index is 0.0802. The minimum absolute atomic E-state index is 0.0802. The predicted octanol–water partition coefficient (Wildman–Crippen LogP) is 5.47. The number of carbonyl (C=O) groups is 1. The second kappa shape index (κ2) is 9.44. The van der Waals surface area contributed by atoms with Crippen molar-refractivity contribution in [2.24, 2.45) is 0 Å². The minimum Gasteiger partial charge on any atom is -0.469 e. The summed E-state index contributed by atoms with van der Waals surface area (Å²) in [6, 6.07) is 14.1. The van der Waals surface area contributed by atoms with Gasteiger partial charge in [0.1, 0.15) is 5.76 Å². The van der Waals surface area contributed by atoms with Crippen molar-refractivity contribution in [3.8, 4) is 11.4 Å². The Labute approximate surface area is 192 Å². The molecule has 0 atom stereocenters. The van der Waals surface area contributed by atoms with E-state index in [1.54, 1.807) is 12.3 Å². The van der Waals surface area contributed by atoms with Crippen molar-refractivity contribution in [1.29, 1.82) is 0 Å². The van der Waals surface area contributed by atoms with Crippen molar-refractivity contribution in [3.63, 3.8) is 0 Å². The molecule has 0 saturated heterocycles. The number of carbonyl (C=O) groups excluding carboxylic acids is 1. The van der Waals surface area contributed by atoms with Crippen molar-refractivity contribution in [1.82, 2.24) is 19.3 Å². The van der Waals surface area contributed by atoms with Gasteiger partial charge in [-0.3, -0.25) is 9.36 Å². The van der Waals surface area contributed by atoms with Gasteiger partial charge in [-0.15, -0.1) is 16.8 Å². The second-order valence-electron chi connectivity index (χ2n) is 7.66. The normalized spacial score (nSPS) is 11.1. The highest BCUT2D eigenvalue weighted by molar-refractivity contribution is 7.99. The van der Waals surface area contributed by atoms with Crippen molar-refractivity contribution in [2.45, 2.75) is 39.0 Å². The number of aromatic nitrogens is 4. The Morgan fingerprint density at radius 1 is 1.12 bits per heavy atom. The summed E-state index contributed by atoms with van der Waals surface area (Å²) >= 11 is 1.39. The Balaban J connectivity index is 1.52. The van der Waals surface area contributed by atoms with Gasteiger partial charge in [-0.1, -0.05) is 48.2 Å². The summed E-state index contributed by atoms with van der Waals surface area (Å²) in [7, 11) is 0. The number of allylic oxidation sites excluding steroid dienone is 1. The molecule has 4 aromatic rings. The summed E-state index contributed by atoms with van der Waals surface area (Å²) in [6.07, 6.45) is 3.44. The van der Waals surface area contributed by atoms with Gasteiger partial charge in [0.15, 0.2) is 16.8 Å². The summed E-state index contributed by atoms with van der Waals surface area (Å²) in [5.41, 5.74) is 4.92. The van der Waals surface area contributed by atoms with E-state index in [2.05, 4.69) is 33.5 Å². The summed E-state index contributed by atoms with van der Waals surface area (Å²) in [5.74, 6) is 1.86. The average Bonchev–Trinajstić information content (AvgIpc) is 3.46. The second-order valence-corrected chi connectivity index (χ2v) is 8.61. The smallest absolute Gasteiger partial charge is 0.192 e. The van der Waals surface area contributed by atoms with Crippen molar-refractivity contribution in [2.75, 3.05) is 5.75 Å². The first-order valence-corrected chi connectivity index (χ1v) is 11.4. The molecule has 0 fully saturated rings. The molecule has 3 heterocycles. The van der Waals surface area contributed by atoms with Crippen LogP contribution in [0.2, 0.25) is 0 Å². The molecule has 3 aromatic heterocycles. The van der Waals surface area contributed by atoms with E-state index >= 15 is 0 Å². The highest BCUT2D eigenvalue weighted by Crippen LogP contribution is 2.28. The number of ketones is 1. The van der Waals surface area contributed by atoms with Crippen LogP contribution in [0.1, 0.15) is 33.1 Å². The van der Waals surface area contributed by atoms with Crippen LogP contribution in [0.3, 0.4) is 0 Å². The SMILES string of the molecule is C=CCn1c(SCC(=O)c2cc(C)n(Cc3ccccc3)c2C)nnc1-c1ccoc1C. The van der Waals surface area contributed by atoms with Crippen LogP contribution in [-0.2, 0) is 13.1 Å². The maximum atomic E-state index is 13.1. The Bertz CT molecular complexity index is 1250. The molecule has 0 amide bonds. The predicted molar refractivity (Wildman–Crippen MR) is 127 cm³/mol. The number of nitrogens with zero attached hydrogens (tertiary/aromatic N) is 4. The van der Waals surface area contributed by atoms with Crippen LogP contribution in [0.5, 0.6) is 0 Å². The molecule has 7 heteroatoms. The first-order valence-electron chi connectivity index (χ1n) is 10.4. The Morgan fingerprint density at radius 3 is 2.59 bits per heavy atom. The van der Waals surface area contributed by atoms with Gasteiger partial charge < -0.3 is 8.98 Å². The summed E-state index contributed by atoms with van der Waals surface area (Å²) < 4.78 is 9.56. The largest absolute Gasteiger partial charge is 0.469 e. The van der Waals surface area contributed by atoms with Crippen LogP contribution in [0.25, 0.3) is 11.4 Å². The highest BCUT2D eigenvalue weighted by atomic mass is 32.2. The molecule has 0 aliphatic carbocycles. The lowest BCUT2D eigenvalue weighted by molar-refractivity contribution is 0.102. The molecular weight excluding hydrogens is 420 g/mol. The molecule has 0 spiro atoms. The lowest BCUT2D eigenvalue weighted by Crippen LogP contribution is -2.08. The van der Waals surface area contributed by atoms with Gasteiger partial charge >= 0.3 is 0 Å². The van der Waals surface area contributed by atoms with Gasteiger partial charge in [-0.2, -0.15) is 0 Å². The zero-order valence-corrected chi connectivity index (χ0v) is 19.4. The molecule has 164 valence electrons. The van der Waals surface area contributed by atoms with Crippen LogP contribution in [0.4, 0.5) is 0 Å². The molecular formula is C25H26N4O2S. The quantitative estimate of drug-likeness (QED) is 0.194. The summed E-state index contributed by atoms with van der Waals surface area (Å²) in [4.78, 5) is 13.1. The summed E-state index contributed by atoms with van der Waals surface area (Å²) in [5, 5.41) is 9.35. The topological polar surface area (TPSA) is 65.8 Å². The number of benzene rings is 1. The molecule has 0 unspecified atom stereocenters. The molecule has 0 radical (unpaired) electrons. The van der Waals surface area contributed by atoms with E-state index in [0.717, 1.165) is 34.8 Å². The van der Waals surface area contributed by atoms with Gasteiger partial charge in [-0.25, -0.2) is 0 Å². The fourth-order valence-corrected chi connectivity index (χ4v) is 4.64. The fourth-order valence-electron chi connectivity index (χ4n) is 3.81. The van der Waals surface area contributed by atoms with Gasteiger partial charge in [0.2, 0.25) is 0 Å². The molecule has 0 saturated carbocycles. The molecule has 1 aromatic carbocycles. The zero-order valence-electron chi connectivity index (χ0n) is 18.5. The third-order valence-corrected chi connectivity index (χ3v) is 6.48. The maximum Gasteiger partial charge on any atom is 0.192 e. The van der Waals surface area contributed by atoms with E-state index in [0.29, 0.717) is 17.5 Å². The lowest BCUT2D eigenvalue weighted by Gasteiger charge is -2.10. The Kier molecular flexibility index (Phi) is 6.46. The van der Waals surface area contributed by atoms with Crippen LogP contribution in [-0.4, -0.2) is 30.9 Å². The maximum absolute atomic E-state index is 13.1. The summed E-state index contributed by atoms with van der Waals surface area (Å²) in [6.45, 7) is 11.1. The zero-order chi connectivity index (χ0) is 22.7. The van der Waals surface area contributed by atoms with Gasteiger partial charge in [0.25, 0.3) is 0 Å². The third-order valence-electron chi connectivity index (χ3n) is 5.52. The Hall–Kier alpha value is -3.32. The van der Waals surface area contributed by atoms with E-state index in [4.69, 9.17) is 4.42 Å². The van der Waals surface area contributed by atoms with E-state index in [1.165, 1.54) is 17.3 Å². The highest BCUT2D eigenvalue weighted by Gasteiger charge is 2.20. The van der Waals surface area contributed by atoms with Crippen molar-refractivity contribution in [3.05, 3.63) is 89.7 Å². The number of aryl methyl sites for hydroxylation is 2. The number of Topliss-reactive ketones (excluding diaryl/α,β-unsaturated/α-hetero) is 1. The number of hydrogen-bond acceptors (Lipinski definition) is 5. The van der Waals surface area contributed by atoms with E-state index in [9.17, 15) is 4.79 Å². The van der Waals surface area contributed by atoms with Crippen LogP contribution >= 0.6 is 11.8 Å². The molecule has 0 aliphatic rings. The standard InChI is InChI=1S/C25H26N4O2S/c1-5-12-28-24(21-11-13-31-19(21)4)26-27-25(28)32-16-23(30)22-14-17(2)29(18(22)3)15-20-9-7-6-8-10-20/h5-11,13-14H,1,12,15-16H2,2-4H3. The first-order chi connectivity index (χ1) is 15.5. The van der Waals surface area contributed by atoms with Crippen LogP contribution < -0.4 is 0 Å². The average molecular weight is 447 g/mol. The van der Waals surface area contributed by atoms with Gasteiger partial charge in [-0.05, 0) is 38.5 Å².